The molecule has 2 aromatic rings. The molecule has 1 heterocycles. The summed E-state index contributed by atoms with van der Waals surface area (Å²) in [7, 11) is -1.54. The molecule has 1 aromatic carbocycles. The van der Waals surface area contributed by atoms with Crippen molar-refractivity contribution < 1.29 is 17.4 Å². The van der Waals surface area contributed by atoms with Crippen LogP contribution in [0.15, 0.2) is 33.4 Å². The summed E-state index contributed by atoms with van der Waals surface area (Å²) in [4.78, 5) is 0.303. The number of aromatic nitrogens is 2. The van der Waals surface area contributed by atoms with Gasteiger partial charge in [0, 0.05) is 4.90 Å². The quantitative estimate of drug-likeness (QED) is 0.854. The van der Waals surface area contributed by atoms with Gasteiger partial charge in [-0.3, -0.25) is 0 Å². The fraction of sp³-hybridized carbons (Fsp3) is 0.200. The third-order valence-corrected chi connectivity index (χ3v) is 4.81. The van der Waals surface area contributed by atoms with Crippen LogP contribution in [-0.2, 0) is 17.0 Å². The number of alkyl halides is 3. The van der Waals surface area contributed by atoms with E-state index in [0.717, 1.165) is 23.7 Å². The first-order valence-electron chi connectivity index (χ1n) is 4.77. The normalized spacial score (nSPS) is 13.6. The van der Waals surface area contributed by atoms with Crippen molar-refractivity contribution in [1.29, 1.82) is 0 Å². The second kappa shape index (κ2) is 4.77. The van der Waals surface area contributed by atoms with Crippen molar-refractivity contribution >= 4 is 22.3 Å². The van der Waals surface area contributed by atoms with Gasteiger partial charge < -0.3 is 0 Å². The van der Waals surface area contributed by atoms with E-state index in [2.05, 4.69) is 9.59 Å². The Labute approximate surface area is 107 Å². The molecule has 2 rings (SSSR count). The molecule has 18 heavy (non-hydrogen) atoms. The van der Waals surface area contributed by atoms with Gasteiger partial charge in [0.05, 0.1) is 22.1 Å². The van der Waals surface area contributed by atoms with E-state index >= 15 is 0 Å². The highest BCUT2D eigenvalue weighted by molar-refractivity contribution is 7.87. The SMILES string of the molecule is Cc1nnsc1[S@@](=O)c1ccc(C(F)(F)F)cc1. The summed E-state index contributed by atoms with van der Waals surface area (Å²) in [6, 6.07) is 4.24. The molecule has 0 bridgehead atoms. The Morgan fingerprint density at radius 3 is 2.28 bits per heavy atom. The Hall–Kier alpha value is -1.28. The van der Waals surface area contributed by atoms with Gasteiger partial charge in [-0.15, -0.1) is 5.10 Å². The average molecular weight is 292 g/mol. The lowest BCUT2D eigenvalue weighted by Crippen LogP contribution is -2.04. The summed E-state index contributed by atoms with van der Waals surface area (Å²) in [5, 5.41) is 3.72. The summed E-state index contributed by atoms with van der Waals surface area (Å²) < 4.78 is 53.2. The molecule has 0 N–H and O–H groups in total. The van der Waals surface area contributed by atoms with Gasteiger partial charge in [-0.2, -0.15) is 13.2 Å². The van der Waals surface area contributed by atoms with Crippen LogP contribution in [0.3, 0.4) is 0 Å². The molecule has 0 aliphatic heterocycles. The fourth-order valence-corrected chi connectivity index (χ4v) is 3.24. The molecule has 0 unspecified atom stereocenters. The van der Waals surface area contributed by atoms with Gasteiger partial charge in [-0.1, -0.05) is 4.49 Å². The molecule has 0 fully saturated rings. The van der Waals surface area contributed by atoms with E-state index < -0.39 is 22.5 Å². The maximum atomic E-state index is 12.4. The van der Waals surface area contributed by atoms with Crippen molar-refractivity contribution in [3.63, 3.8) is 0 Å². The molecule has 1 aromatic heterocycles. The lowest BCUT2D eigenvalue weighted by atomic mass is 10.2. The van der Waals surface area contributed by atoms with E-state index in [1.807, 2.05) is 0 Å². The zero-order valence-corrected chi connectivity index (χ0v) is 10.7. The first-order valence-corrected chi connectivity index (χ1v) is 6.70. The number of benzene rings is 1. The van der Waals surface area contributed by atoms with Gasteiger partial charge in [-0.05, 0) is 42.7 Å². The molecule has 1 atom stereocenters. The number of halogens is 3. The highest BCUT2D eigenvalue weighted by Crippen LogP contribution is 2.30. The Morgan fingerprint density at radius 1 is 1.22 bits per heavy atom. The van der Waals surface area contributed by atoms with Crippen LogP contribution in [0, 0.1) is 6.92 Å². The topological polar surface area (TPSA) is 42.9 Å². The van der Waals surface area contributed by atoms with Crippen molar-refractivity contribution in [2.24, 2.45) is 0 Å². The molecule has 0 aliphatic carbocycles. The van der Waals surface area contributed by atoms with Crippen LogP contribution in [-0.4, -0.2) is 13.8 Å². The average Bonchev–Trinajstić information content (AvgIpc) is 2.73. The van der Waals surface area contributed by atoms with Gasteiger partial charge in [-0.25, -0.2) is 4.21 Å². The highest BCUT2D eigenvalue weighted by Gasteiger charge is 2.30. The molecule has 8 heteroatoms. The third-order valence-electron chi connectivity index (χ3n) is 2.17. The van der Waals surface area contributed by atoms with Crippen LogP contribution >= 0.6 is 11.5 Å². The van der Waals surface area contributed by atoms with E-state index in [1.54, 1.807) is 6.92 Å². The van der Waals surface area contributed by atoms with E-state index in [9.17, 15) is 17.4 Å². The van der Waals surface area contributed by atoms with E-state index in [1.165, 1.54) is 12.1 Å². The lowest BCUT2D eigenvalue weighted by molar-refractivity contribution is -0.137. The third kappa shape index (κ3) is 2.59. The molecular formula is C10H7F3N2OS2. The van der Waals surface area contributed by atoms with Crippen LogP contribution < -0.4 is 0 Å². The zero-order chi connectivity index (χ0) is 13.3. The molecule has 0 spiro atoms. The van der Waals surface area contributed by atoms with Gasteiger partial charge >= 0.3 is 6.18 Å². The van der Waals surface area contributed by atoms with Crippen LogP contribution in [0.2, 0.25) is 0 Å². The molecule has 0 saturated carbocycles. The molecule has 0 radical (unpaired) electrons. The van der Waals surface area contributed by atoms with Gasteiger partial charge in [0.25, 0.3) is 0 Å². The summed E-state index contributed by atoms with van der Waals surface area (Å²) in [5.41, 5.74) is -0.236. The molecule has 96 valence electrons. The molecule has 0 amide bonds. The van der Waals surface area contributed by atoms with Crippen molar-refractivity contribution in [2.75, 3.05) is 0 Å². The highest BCUT2D eigenvalue weighted by atomic mass is 32.2. The predicted molar refractivity (Wildman–Crippen MR) is 60.8 cm³/mol. The van der Waals surface area contributed by atoms with Crippen molar-refractivity contribution in [3.05, 3.63) is 35.5 Å². The monoisotopic (exact) mass is 292 g/mol. The predicted octanol–water partition coefficient (Wildman–Crippen LogP) is 3.03. The lowest BCUT2D eigenvalue weighted by Gasteiger charge is -2.06. The number of aryl methyl sites for hydroxylation is 1. The first-order chi connectivity index (χ1) is 8.39. The minimum absolute atomic E-state index is 0.303. The zero-order valence-electron chi connectivity index (χ0n) is 9.06. The number of hydrogen-bond donors (Lipinski definition) is 0. The second-order valence-electron chi connectivity index (χ2n) is 3.44. The van der Waals surface area contributed by atoms with E-state index in [-0.39, 0.29) is 0 Å². The maximum absolute atomic E-state index is 12.4. The smallest absolute Gasteiger partial charge is 0.248 e. The number of hydrogen-bond acceptors (Lipinski definition) is 4. The number of nitrogens with zero attached hydrogens (tertiary/aromatic N) is 2. The van der Waals surface area contributed by atoms with Gasteiger partial charge in [0.15, 0.2) is 0 Å². The van der Waals surface area contributed by atoms with Crippen LogP contribution in [0.5, 0.6) is 0 Å². The first kappa shape index (κ1) is 13.2. The number of rotatable bonds is 2. The molecule has 3 nitrogen and oxygen atoms in total. The van der Waals surface area contributed by atoms with Gasteiger partial charge in [0.1, 0.15) is 4.21 Å². The Kier molecular flexibility index (Phi) is 3.49. The summed E-state index contributed by atoms with van der Waals surface area (Å²) in [6.07, 6.45) is -4.39. The summed E-state index contributed by atoms with van der Waals surface area (Å²) in [6.45, 7) is 1.65. The molecule has 0 saturated heterocycles. The van der Waals surface area contributed by atoms with Crippen LogP contribution in [0.25, 0.3) is 0 Å². The van der Waals surface area contributed by atoms with Crippen molar-refractivity contribution in [2.45, 2.75) is 22.2 Å². The van der Waals surface area contributed by atoms with E-state index in [4.69, 9.17) is 0 Å². The maximum Gasteiger partial charge on any atom is 0.416 e. The summed E-state index contributed by atoms with van der Waals surface area (Å²) in [5.74, 6) is 0. The molecule has 0 aliphatic rings. The standard InChI is InChI=1S/C10H7F3N2OS2/c1-6-9(17-15-14-6)18(16)8-4-2-7(3-5-8)10(11,12)13/h2-5H,1H3/t18-/m0/s1. The van der Waals surface area contributed by atoms with Crippen LogP contribution in [0.4, 0.5) is 13.2 Å². The summed E-state index contributed by atoms with van der Waals surface area (Å²) >= 11 is 0.979. The Balaban J connectivity index is 2.31. The van der Waals surface area contributed by atoms with E-state index in [0.29, 0.717) is 14.8 Å². The molecular weight excluding hydrogens is 285 g/mol. The Bertz CT molecular complexity index is 578. The van der Waals surface area contributed by atoms with Gasteiger partial charge in [0.2, 0.25) is 0 Å². The second-order valence-corrected chi connectivity index (χ2v) is 5.87. The minimum atomic E-state index is -4.39. The van der Waals surface area contributed by atoms with Crippen molar-refractivity contribution in [3.8, 4) is 0 Å². The van der Waals surface area contributed by atoms with Crippen LogP contribution in [0.1, 0.15) is 11.3 Å². The Morgan fingerprint density at radius 2 is 1.83 bits per heavy atom. The fourth-order valence-electron chi connectivity index (χ4n) is 1.27. The van der Waals surface area contributed by atoms with Crippen molar-refractivity contribution in [1.82, 2.24) is 9.59 Å². The largest absolute Gasteiger partial charge is 0.416 e. The minimum Gasteiger partial charge on any atom is -0.248 e.